The van der Waals surface area contributed by atoms with Crippen molar-refractivity contribution in [3.8, 4) is 5.75 Å². The fraction of sp³-hybridized carbons (Fsp3) is 0.333. The zero-order valence-corrected chi connectivity index (χ0v) is 12.5. The second-order valence-electron chi connectivity index (χ2n) is 4.54. The van der Waals surface area contributed by atoms with E-state index in [-0.39, 0.29) is 0 Å². The van der Waals surface area contributed by atoms with Crippen molar-refractivity contribution in [3.63, 3.8) is 0 Å². The predicted octanol–water partition coefficient (Wildman–Crippen LogP) is 2.66. The lowest BCUT2D eigenvalue weighted by molar-refractivity contribution is 0.128. The van der Waals surface area contributed by atoms with Crippen LogP contribution in [0, 0.1) is 6.92 Å². The number of hydrogen-bond donors (Lipinski definition) is 2. The molecule has 1 heterocycles. The van der Waals surface area contributed by atoms with Crippen LogP contribution < -0.4 is 15.8 Å². The van der Waals surface area contributed by atoms with Gasteiger partial charge in [0, 0.05) is 18.4 Å². The van der Waals surface area contributed by atoms with Gasteiger partial charge in [0.15, 0.2) is 5.82 Å². The van der Waals surface area contributed by atoms with Crippen LogP contribution >= 0.6 is 0 Å². The van der Waals surface area contributed by atoms with Crippen LogP contribution in [0.1, 0.15) is 18.3 Å². The highest BCUT2D eigenvalue weighted by Gasteiger charge is 2.05. The van der Waals surface area contributed by atoms with Gasteiger partial charge in [0.25, 0.3) is 0 Å². The van der Waals surface area contributed by atoms with E-state index in [1.54, 1.807) is 13.2 Å². The zero-order chi connectivity index (χ0) is 15.2. The molecule has 0 aliphatic heterocycles. The lowest BCUT2D eigenvalue weighted by atomic mass is 10.2. The Morgan fingerprint density at radius 2 is 2.05 bits per heavy atom. The van der Waals surface area contributed by atoms with Gasteiger partial charge in [-0.2, -0.15) is 0 Å². The molecule has 0 atom stereocenters. The minimum absolute atomic E-state index is 0.345. The van der Waals surface area contributed by atoms with Crippen molar-refractivity contribution in [1.29, 1.82) is 0 Å². The fourth-order valence-corrected chi connectivity index (χ4v) is 1.94. The van der Waals surface area contributed by atoms with Crippen LogP contribution in [0.2, 0.25) is 0 Å². The molecule has 21 heavy (non-hydrogen) atoms. The fourth-order valence-electron chi connectivity index (χ4n) is 1.94. The third-order valence-electron chi connectivity index (χ3n) is 2.89. The number of anilines is 3. The van der Waals surface area contributed by atoms with Gasteiger partial charge in [-0.25, -0.2) is 9.97 Å². The van der Waals surface area contributed by atoms with Gasteiger partial charge < -0.3 is 20.5 Å². The van der Waals surface area contributed by atoms with Crippen LogP contribution in [0.25, 0.3) is 0 Å². The molecule has 1 aromatic heterocycles. The largest absolute Gasteiger partial charge is 0.496 e. The van der Waals surface area contributed by atoms with E-state index < -0.39 is 0 Å². The molecule has 0 radical (unpaired) electrons. The quantitative estimate of drug-likeness (QED) is 0.850. The van der Waals surface area contributed by atoms with Crippen molar-refractivity contribution in [1.82, 2.24) is 9.97 Å². The van der Waals surface area contributed by atoms with Gasteiger partial charge >= 0.3 is 0 Å². The molecule has 3 N–H and O–H groups in total. The topological polar surface area (TPSA) is 82.3 Å². The lowest BCUT2D eigenvalue weighted by Gasteiger charge is -2.11. The third kappa shape index (κ3) is 4.06. The van der Waals surface area contributed by atoms with Crippen LogP contribution in [-0.2, 0) is 11.3 Å². The zero-order valence-electron chi connectivity index (χ0n) is 12.5. The number of nitrogens with two attached hydrogens (primary N) is 1. The standard InChI is InChI=1S/C15H20N4O2/c1-4-21-9-15-18-13(16)8-14(19-15)17-11-5-6-12(20-3)10(2)7-11/h5-8H,4,9H2,1-3H3,(H3,16,17,18,19). The summed E-state index contributed by atoms with van der Waals surface area (Å²) in [5, 5.41) is 3.21. The van der Waals surface area contributed by atoms with Gasteiger partial charge in [-0.15, -0.1) is 0 Å². The molecule has 0 saturated heterocycles. The highest BCUT2D eigenvalue weighted by Crippen LogP contribution is 2.24. The summed E-state index contributed by atoms with van der Waals surface area (Å²) in [6, 6.07) is 7.50. The molecule has 112 valence electrons. The molecule has 0 fully saturated rings. The minimum atomic E-state index is 0.345. The second kappa shape index (κ2) is 6.90. The first kappa shape index (κ1) is 15.1. The number of aromatic nitrogens is 2. The molecule has 0 aliphatic carbocycles. The molecule has 6 heteroatoms. The molecular formula is C15H20N4O2. The number of rotatable bonds is 6. The van der Waals surface area contributed by atoms with E-state index >= 15 is 0 Å². The number of benzene rings is 1. The Bertz CT molecular complexity index is 617. The molecule has 6 nitrogen and oxygen atoms in total. The highest BCUT2D eigenvalue weighted by molar-refractivity contribution is 5.60. The van der Waals surface area contributed by atoms with Gasteiger partial charge in [-0.1, -0.05) is 0 Å². The van der Waals surface area contributed by atoms with E-state index in [4.69, 9.17) is 15.2 Å². The van der Waals surface area contributed by atoms with Gasteiger partial charge in [0.1, 0.15) is 24.0 Å². The summed E-state index contributed by atoms with van der Waals surface area (Å²) in [6.07, 6.45) is 0. The summed E-state index contributed by atoms with van der Waals surface area (Å²) < 4.78 is 10.5. The monoisotopic (exact) mass is 288 g/mol. The summed E-state index contributed by atoms with van der Waals surface area (Å²) in [5.74, 6) is 2.46. The molecule has 0 bridgehead atoms. The van der Waals surface area contributed by atoms with Gasteiger partial charge in [0.05, 0.1) is 7.11 Å². The first-order chi connectivity index (χ1) is 10.1. The first-order valence-corrected chi connectivity index (χ1v) is 6.75. The SMILES string of the molecule is CCOCc1nc(N)cc(Nc2ccc(OC)c(C)c2)n1. The van der Waals surface area contributed by atoms with Crippen molar-refractivity contribution in [2.24, 2.45) is 0 Å². The van der Waals surface area contributed by atoms with Crippen LogP contribution in [-0.4, -0.2) is 23.7 Å². The van der Waals surface area contributed by atoms with Crippen LogP contribution in [0.15, 0.2) is 24.3 Å². The average molecular weight is 288 g/mol. The normalized spacial score (nSPS) is 10.4. The molecule has 1 aromatic carbocycles. The summed E-state index contributed by atoms with van der Waals surface area (Å²) in [7, 11) is 1.65. The predicted molar refractivity (Wildman–Crippen MR) is 82.8 cm³/mol. The maximum absolute atomic E-state index is 5.79. The summed E-state index contributed by atoms with van der Waals surface area (Å²) >= 11 is 0. The first-order valence-electron chi connectivity index (χ1n) is 6.75. The molecule has 2 rings (SSSR count). The molecule has 0 amide bonds. The van der Waals surface area contributed by atoms with Crippen LogP contribution in [0.4, 0.5) is 17.3 Å². The molecule has 2 aromatic rings. The number of hydrogen-bond acceptors (Lipinski definition) is 6. The summed E-state index contributed by atoms with van der Waals surface area (Å²) in [5.41, 5.74) is 7.75. The van der Waals surface area contributed by atoms with Crippen molar-refractivity contribution in [2.45, 2.75) is 20.5 Å². The number of nitrogens with one attached hydrogen (secondary N) is 1. The Kier molecular flexibility index (Phi) is 4.94. The second-order valence-corrected chi connectivity index (χ2v) is 4.54. The van der Waals surface area contributed by atoms with E-state index in [0.717, 1.165) is 17.0 Å². The lowest BCUT2D eigenvalue weighted by Crippen LogP contribution is -2.05. The number of ether oxygens (including phenoxy) is 2. The summed E-state index contributed by atoms with van der Waals surface area (Å²) in [6.45, 7) is 4.86. The third-order valence-corrected chi connectivity index (χ3v) is 2.89. The Morgan fingerprint density at radius 3 is 2.71 bits per heavy atom. The molecular weight excluding hydrogens is 268 g/mol. The minimum Gasteiger partial charge on any atom is -0.496 e. The van der Waals surface area contributed by atoms with Crippen LogP contribution in [0.3, 0.4) is 0 Å². The summed E-state index contributed by atoms with van der Waals surface area (Å²) in [4.78, 5) is 8.52. The smallest absolute Gasteiger partial charge is 0.158 e. The van der Waals surface area contributed by atoms with E-state index in [9.17, 15) is 0 Å². The highest BCUT2D eigenvalue weighted by atomic mass is 16.5. The van der Waals surface area contributed by atoms with E-state index in [2.05, 4.69) is 15.3 Å². The average Bonchev–Trinajstić information content (AvgIpc) is 2.45. The Hall–Kier alpha value is -2.34. The number of nitrogen functional groups attached to an aromatic ring is 1. The Morgan fingerprint density at radius 1 is 1.24 bits per heavy atom. The van der Waals surface area contributed by atoms with Crippen molar-refractivity contribution < 1.29 is 9.47 Å². The van der Waals surface area contributed by atoms with Crippen molar-refractivity contribution >= 4 is 17.3 Å². The van der Waals surface area contributed by atoms with Gasteiger partial charge in [-0.3, -0.25) is 0 Å². The van der Waals surface area contributed by atoms with Crippen molar-refractivity contribution in [3.05, 3.63) is 35.7 Å². The molecule has 0 saturated carbocycles. The maximum atomic E-state index is 5.79. The Balaban J connectivity index is 2.18. The molecule has 0 aliphatic rings. The van der Waals surface area contributed by atoms with Gasteiger partial charge in [0.2, 0.25) is 0 Å². The number of aryl methyl sites for hydroxylation is 1. The van der Waals surface area contributed by atoms with Crippen LogP contribution in [0.5, 0.6) is 5.75 Å². The van der Waals surface area contributed by atoms with E-state index in [1.165, 1.54) is 0 Å². The molecule has 0 unspecified atom stereocenters. The maximum Gasteiger partial charge on any atom is 0.158 e. The van der Waals surface area contributed by atoms with E-state index in [1.807, 2.05) is 32.0 Å². The molecule has 0 spiro atoms. The number of nitrogens with zero attached hydrogens (tertiary/aromatic N) is 2. The van der Waals surface area contributed by atoms with Crippen molar-refractivity contribution in [2.75, 3.05) is 24.8 Å². The number of methoxy groups -OCH3 is 1. The van der Waals surface area contributed by atoms with Gasteiger partial charge in [-0.05, 0) is 37.6 Å². The van der Waals surface area contributed by atoms with E-state index in [0.29, 0.717) is 30.7 Å². The Labute approximate surface area is 124 Å².